The van der Waals surface area contributed by atoms with Crippen LogP contribution in [0.15, 0.2) is 48.5 Å². The third kappa shape index (κ3) is 3.02. The maximum absolute atomic E-state index is 13.5. The minimum Gasteiger partial charge on any atom is -0.508 e. The zero-order chi connectivity index (χ0) is 19.3. The molecule has 1 saturated carbocycles. The van der Waals surface area contributed by atoms with E-state index >= 15 is 0 Å². The zero-order valence-electron chi connectivity index (χ0n) is 15.0. The first-order valence-electron chi connectivity index (χ1n) is 9.39. The number of hydrogen-bond donors (Lipinski definition) is 2. The number of alkyl halides is 3. The van der Waals surface area contributed by atoms with E-state index in [4.69, 9.17) is 0 Å². The summed E-state index contributed by atoms with van der Waals surface area (Å²) < 4.78 is 40.5. The average Bonchev–Trinajstić information content (AvgIpc) is 2.62. The van der Waals surface area contributed by atoms with Gasteiger partial charge in [-0.1, -0.05) is 36.4 Å². The Balaban J connectivity index is 1.79. The van der Waals surface area contributed by atoms with Crippen LogP contribution in [-0.2, 0) is 18.3 Å². The summed E-state index contributed by atoms with van der Waals surface area (Å²) in [5.41, 5.74) is 0.0805. The van der Waals surface area contributed by atoms with E-state index in [9.17, 15) is 23.4 Å². The molecule has 2 aliphatic carbocycles. The van der Waals surface area contributed by atoms with Gasteiger partial charge in [-0.15, -0.1) is 0 Å². The van der Waals surface area contributed by atoms with Crippen molar-refractivity contribution in [3.63, 3.8) is 0 Å². The summed E-state index contributed by atoms with van der Waals surface area (Å²) >= 11 is 0. The summed E-state index contributed by atoms with van der Waals surface area (Å²) in [7, 11) is 0. The molecule has 0 saturated heterocycles. The summed E-state index contributed by atoms with van der Waals surface area (Å²) in [5, 5.41) is 20.2. The van der Waals surface area contributed by atoms with Crippen LogP contribution < -0.4 is 0 Å². The van der Waals surface area contributed by atoms with E-state index in [0.717, 1.165) is 16.7 Å². The van der Waals surface area contributed by atoms with E-state index in [0.29, 0.717) is 19.3 Å². The number of phenols is 1. The quantitative estimate of drug-likeness (QED) is 0.782. The number of aryl methyl sites for hydroxylation is 1. The molecule has 0 heterocycles. The molecule has 3 atom stereocenters. The number of phenolic OH excluding ortho intramolecular Hbond substituents is 1. The summed E-state index contributed by atoms with van der Waals surface area (Å²) in [6, 6.07) is 15.1. The fourth-order valence-electron chi connectivity index (χ4n) is 5.22. The van der Waals surface area contributed by atoms with Gasteiger partial charge in [0.15, 0.2) is 5.60 Å². The van der Waals surface area contributed by atoms with Gasteiger partial charge < -0.3 is 10.2 Å². The molecule has 0 aromatic heterocycles. The van der Waals surface area contributed by atoms with Gasteiger partial charge in [-0.2, -0.15) is 13.2 Å². The molecule has 27 heavy (non-hydrogen) atoms. The number of rotatable bonds is 2. The number of fused-ring (bicyclic) bond motifs is 3. The van der Waals surface area contributed by atoms with Crippen LogP contribution in [0.25, 0.3) is 0 Å². The largest absolute Gasteiger partial charge is 0.508 e. The first kappa shape index (κ1) is 18.4. The molecule has 2 aromatic rings. The van der Waals surface area contributed by atoms with Crippen molar-refractivity contribution >= 4 is 0 Å². The number of halogens is 3. The van der Waals surface area contributed by atoms with Crippen LogP contribution in [-0.4, -0.2) is 22.0 Å². The summed E-state index contributed by atoms with van der Waals surface area (Å²) in [6.07, 6.45) is -3.03. The minimum absolute atomic E-state index is 0.185. The van der Waals surface area contributed by atoms with Crippen LogP contribution in [0.5, 0.6) is 5.75 Å². The van der Waals surface area contributed by atoms with Crippen LogP contribution in [0.3, 0.4) is 0 Å². The Morgan fingerprint density at radius 1 is 1.04 bits per heavy atom. The molecular formula is C22H23F3O2. The molecule has 4 rings (SSSR count). The normalized spacial score (nSPS) is 30.4. The lowest BCUT2D eigenvalue weighted by molar-refractivity contribution is -0.279. The molecule has 0 aliphatic heterocycles. The highest BCUT2D eigenvalue weighted by Gasteiger charge is 2.61. The highest BCUT2D eigenvalue weighted by molar-refractivity contribution is 5.44. The zero-order valence-corrected chi connectivity index (χ0v) is 15.0. The Morgan fingerprint density at radius 3 is 2.48 bits per heavy atom. The Labute approximate surface area is 156 Å². The number of aliphatic hydroxyl groups is 1. The lowest BCUT2D eigenvalue weighted by Crippen LogP contribution is -2.56. The molecule has 2 N–H and O–H groups in total. The van der Waals surface area contributed by atoms with Crippen LogP contribution in [0, 0.1) is 5.92 Å². The number of aromatic hydroxyl groups is 1. The van der Waals surface area contributed by atoms with Gasteiger partial charge in [-0.3, -0.25) is 0 Å². The van der Waals surface area contributed by atoms with Crippen molar-refractivity contribution in [3.05, 3.63) is 65.2 Å². The van der Waals surface area contributed by atoms with E-state index < -0.39 is 17.2 Å². The van der Waals surface area contributed by atoms with Gasteiger partial charge in [0.05, 0.1) is 0 Å². The van der Waals surface area contributed by atoms with Gasteiger partial charge in [0.25, 0.3) is 0 Å². The fourth-order valence-corrected chi connectivity index (χ4v) is 5.22. The maximum Gasteiger partial charge on any atom is 0.417 e. The lowest BCUT2D eigenvalue weighted by atomic mass is 9.52. The Bertz CT molecular complexity index is 833. The van der Waals surface area contributed by atoms with Crippen LogP contribution in [0.1, 0.15) is 42.4 Å². The van der Waals surface area contributed by atoms with Gasteiger partial charge in [0.1, 0.15) is 5.75 Å². The van der Waals surface area contributed by atoms with E-state index in [-0.39, 0.29) is 30.9 Å². The summed E-state index contributed by atoms with van der Waals surface area (Å²) in [6.45, 7) is 0. The first-order chi connectivity index (χ1) is 12.7. The van der Waals surface area contributed by atoms with Gasteiger partial charge >= 0.3 is 6.18 Å². The second-order valence-electron chi connectivity index (χ2n) is 8.13. The minimum atomic E-state index is -4.61. The molecule has 0 bridgehead atoms. The van der Waals surface area contributed by atoms with Crippen molar-refractivity contribution < 1.29 is 23.4 Å². The highest BCUT2D eigenvalue weighted by atomic mass is 19.4. The van der Waals surface area contributed by atoms with Crippen molar-refractivity contribution in [1.29, 1.82) is 0 Å². The molecule has 0 spiro atoms. The van der Waals surface area contributed by atoms with Crippen LogP contribution in [0.4, 0.5) is 13.2 Å². The van der Waals surface area contributed by atoms with Gasteiger partial charge in [0.2, 0.25) is 0 Å². The molecule has 2 nitrogen and oxygen atoms in total. The van der Waals surface area contributed by atoms with Crippen LogP contribution >= 0.6 is 0 Å². The van der Waals surface area contributed by atoms with Crippen molar-refractivity contribution in [1.82, 2.24) is 0 Å². The molecular weight excluding hydrogens is 353 g/mol. The third-order valence-electron chi connectivity index (χ3n) is 6.63. The van der Waals surface area contributed by atoms with E-state index in [1.807, 2.05) is 36.4 Å². The van der Waals surface area contributed by atoms with Crippen molar-refractivity contribution in [3.8, 4) is 5.75 Å². The van der Waals surface area contributed by atoms with Crippen LogP contribution in [0.2, 0.25) is 0 Å². The van der Waals surface area contributed by atoms with Gasteiger partial charge in [0, 0.05) is 5.41 Å². The van der Waals surface area contributed by atoms with Gasteiger partial charge in [-0.05, 0) is 73.3 Å². The molecule has 0 amide bonds. The van der Waals surface area contributed by atoms with Crippen molar-refractivity contribution in [2.75, 3.05) is 0 Å². The maximum atomic E-state index is 13.5. The Morgan fingerprint density at radius 2 is 1.78 bits per heavy atom. The Hall–Kier alpha value is -2.01. The average molecular weight is 376 g/mol. The highest BCUT2D eigenvalue weighted by Crippen LogP contribution is 2.57. The predicted octanol–water partition coefficient (Wildman–Crippen LogP) is 4.91. The standard InChI is InChI=1S/C22H23F3O2/c23-22(24,25)21(27)11-10-20(13-15-4-2-1-3-5-15)17(14-21)7-6-16-12-18(26)8-9-19(16)20/h1-5,8-9,12,17,26-27H,6-7,10-11,13-14H2. The van der Waals surface area contributed by atoms with Crippen molar-refractivity contribution in [2.24, 2.45) is 5.92 Å². The second kappa shape index (κ2) is 6.26. The fraction of sp³-hybridized carbons (Fsp3) is 0.455. The first-order valence-corrected chi connectivity index (χ1v) is 9.39. The monoisotopic (exact) mass is 376 g/mol. The molecule has 2 aromatic carbocycles. The summed E-state index contributed by atoms with van der Waals surface area (Å²) in [4.78, 5) is 0. The second-order valence-corrected chi connectivity index (χ2v) is 8.13. The molecule has 3 unspecified atom stereocenters. The molecule has 5 heteroatoms. The number of benzene rings is 2. The number of hydrogen-bond acceptors (Lipinski definition) is 2. The van der Waals surface area contributed by atoms with Gasteiger partial charge in [-0.25, -0.2) is 0 Å². The summed E-state index contributed by atoms with van der Waals surface area (Å²) in [5.74, 6) is -0.0696. The van der Waals surface area contributed by atoms with E-state index in [1.165, 1.54) is 0 Å². The van der Waals surface area contributed by atoms with E-state index in [2.05, 4.69) is 0 Å². The molecule has 144 valence electrons. The predicted molar refractivity (Wildman–Crippen MR) is 96.6 cm³/mol. The molecule has 0 radical (unpaired) electrons. The SMILES string of the molecule is Oc1ccc2c(c1)CCC1CC(O)(C(F)(F)F)CCC21Cc1ccccc1. The Kier molecular flexibility index (Phi) is 4.26. The third-order valence-corrected chi connectivity index (χ3v) is 6.63. The van der Waals surface area contributed by atoms with E-state index in [1.54, 1.807) is 12.1 Å². The molecule has 2 aliphatic rings. The topological polar surface area (TPSA) is 40.5 Å². The smallest absolute Gasteiger partial charge is 0.417 e. The molecule has 1 fully saturated rings. The lowest BCUT2D eigenvalue weighted by Gasteiger charge is -2.53. The van der Waals surface area contributed by atoms with Crippen molar-refractivity contribution in [2.45, 2.75) is 55.7 Å².